The van der Waals surface area contributed by atoms with Gasteiger partial charge in [0, 0.05) is 0 Å². The molecule has 0 amide bonds. The Balaban J connectivity index is 2.12. The van der Waals surface area contributed by atoms with Crippen LogP contribution in [0.1, 0.15) is 12.1 Å². The molecule has 1 aliphatic rings. The molecule has 0 aromatic carbocycles. The Bertz CT molecular complexity index is 297. The third kappa shape index (κ3) is 2.11. The van der Waals surface area contributed by atoms with Gasteiger partial charge in [-0.05, 0) is 12.1 Å². The van der Waals surface area contributed by atoms with Crippen molar-refractivity contribution in [1.29, 1.82) is 0 Å². The van der Waals surface area contributed by atoms with Crippen LogP contribution in [0.15, 0.2) is 22.8 Å². The van der Waals surface area contributed by atoms with E-state index in [1.165, 1.54) is 6.26 Å². The van der Waals surface area contributed by atoms with Gasteiger partial charge in [0.2, 0.25) is 6.29 Å². The maximum atomic E-state index is 9.64. The molecule has 2 unspecified atom stereocenters. The molecule has 0 aliphatic carbocycles. The quantitative estimate of drug-likeness (QED) is 0.642. The lowest BCUT2D eigenvalue weighted by molar-refractivity contribution is -0.303. The molecule has 1 saturated heterocycles. The normalized spacial score (nSPS) is 35.2. The van der Waals surface area contributed by atoms with Crippen molar-refractivity contribution < 1.29 is 29.2 Å². The van der Waals surface area contributed by atoms with E-state index >= 15 is 0 Å². The number of furan rings is 1. The largest absolute Gasteiger partial charge is 0.464 e. The maximum absolute atomic E-state index is 9.64. The second-order valence-electron chi connectivity index (χ2n) is 3.55. The van der Waals surface area contributed by atoms with Crippen LogP contribution in [0.2, 0.25) is 0 Å². The van der Waals surface area contributed by atoms with E-state index < -0.39 is 24.6 Å². The zero-order chi connectivity index (χ0) is 11.5. The van der Waals surface area contributed by atoms with Gasteiger partial charge in [-0.15, -0.1) is 0 Å². The number of ether oxygens (including phenoxy) is 2. The Labute approximate surface area is 92.0 Å². The first-order chi connectivity index (χ1) is 7.76. The highest BCUT2D eigenvalue weighted by Crippen LogP contribution is 2.30. The van der Waals surface area contributed by atoms with Crippen LogP contribution in [0, 0.1) is 0 Å². The number of aliphatic hydroxyl groups excluding tert-OH is 3. The highest BCUT2D eigenvalue weighted by Gasteiger charge is 2.39. The van der Waals surface area contributed by atoms with Gasteiger partial charge in [-0.1, -0.05) is 0 Å². The van der Waals surface area contributed by atoms with Crippen molar-refractivity contribution in [1.82, 2.24) is 0 Å². The molecule has 6 heteroatoms. The molecule has 16 heavy (non-hydrogen) atoms. The lowest BCUT2D eigenvalue weighted by Gasteiger charge is -2.37. The van der Waals surface area contributed by atoms with Gasteiger partial charge in [-0.3, -0.25) is 0 Å². The lowest BCUT2D eigenvalue weighted by Crippen LogP contribution is -2.50. The van der Waals surface area contributed by atoms with E-state index in [9.17, 15) is 5.11 Å². The first-order valence-corrected chi connectivity index (χ1v) is 5.00. The molecule has 0 radical (unpaired) electrons. The predicted molar refractivity (Wildman–Crippen MR) is 51.4 cm³/mol. The zero-order valence-electron chi connectivity index (χ0n) is 8.52. The standard InChI is InChI=1S/C10H14O6/c11-4-7-9(13)8(5-12)16-10(15-7)6-2-1-3-14-6/h1-3,7-13H,4-5H2. The topological polar surface area (TPSA) is 92.3 Å². The van der Waals surface area contributed by atoms with Crippen LogP contribution in [0.4, 0.5) is 0 Å². The van der Waals surface area contributed by atoms with E-state index in [-0.39, 0.29) is 13.2 Å². The molecule has 0 bridgehead atoms. The number of aliphatic hydroxyl groups is 3. The Morgan fingerprint density at radius 3 is 2.19 bits per heavy atom. The fourth-order valence-corrected chi connectivity index (χ4v) is 1.61. The first-order valence-electron chi connectivity index (χ1n) is 5.00. The number of hydrogen-bond donors (Lipinski definition) is 3. The third-order valence-electron chi connectivity index (χ3n) is 2.49. The molecule has 6 nitrogen and oxygen atoms in total. The summed E-state index contributed by atoms with van der Waals surface area (Å²) in [7, 11) is 0. The molecule has 2 rings (SSSR count). The monoisotopic (exact) mass is 230 g/mol. The minimum absolute atomic E-state index is 0.349. The van der Waals surface area contributed by atoms with Gasteiger partial charge in [0.05, 0.1) is 19.5 Å². The lowest BCUT2D eigenvalue weighted by atomic mass is 10.1. The fraction of sp³-hybridized carbons (Fsp3) is 0.600. The first kappa shape index (κ1) is 11.6. The van der Waals surface area contributed by atoms with Crippen molar-refractivity contribution in [2.45, 2.75) is 24.6 Å². The minimum atomic E-state index is -1.05. The maximum Gasteiger partial charge on any atom is 0.218 e. The molecule has 0 saturated carbocycles. The van der Waals surface area contributed by atoms with E-state index in [0.717, 1.165) is 0 Å². The van der Waals surface area contributed by atoms with Crippen molar-refractivity contribution in [3.8, 4) is 0 Å². The predicted octanol–water partition coefficient (Wildman–Crippen LogP) is -0.592. The summed E-state index contributed by atoms with van der Waals surface area (Å²) in [4.78, 5) is 0. The molecule has 3 N–H and O–H groups in total. The van der Waals surface area contributed by atoms with Crippen molar-refractivity contribution in [3.63, 3.8) is 0 Å². The molecule has 1 aliphatic heterocycles. The Hall–Kier alpha value is -0.920. The van der Waals surface area contributed by atoms with Crippen LogP contribution in [0.25, 0.3) is 0 Å². The summed E-state index contributed by atoms with van der Waals surface area (Å²) in [6.07, 6.45) is -1.98. The minimum Gasteiger partial charge on any atom is -0.464 e. The van der Waals surface area contributed by atoms with Crippen LogP contribution in [0.5, 0.6) is 0 Å². The summed E-state index contributed by atoms with van der Waals surface area (Å²) >= 11 is 0. The number of hydrogen-bond acceptors (Lipinski definition) is 6. The van der Waals surface area contributed by atoms with Gasteiger partial charge >= 0.3 is 0 Å². The Morgan fingerprint density at radius 2 is 1.75 bits per heavy atom. The van der Waals surface area contributed by atoms with Crippen molar-refractivity contribution in [2.24, 2.45) is 0 Å². The molecule has 1 fully saturated rings. The fourth-order valence-electron chi connectivity index (χ4n) is 1.61. The molecular formula is C10H14O6. The van der Waals surface area contributed by atoms with Gasteiger partial charge in [-0.25, -0.2) is 0 Å². The molecule has 2 heterocycles. The molecule has 0 spiro atoms. The van der Waals surface area contributed by atoms with E-state index in [4.69, 9.17) is 24.1 Å². The van der Waals surface area contributed by atoms with Gasteiger partial charge in [0.15, 0.2) is 5.76 Å². The van der Waals surface area contributed by atoms with Gasteiger partial charge in [-0.2, -0.15) is 0 Å². The van der Waals surface area contributed by atoms with Gasteiger partial charge < -0.3 is 29.2 Å². The van der Waals surface area contributed by atoms with E-state index in [1.807, 2.05) is 0 Å². The van der Waals surface area contributed by atoms with E-state index in [1.54, 1.807) is 12.1 Å². The molecule has 1 aromatic rings. The summed E-state index contributed by atoms with van der Waals surface area (Å²) in [6.45, 7) is -0.698. The van der Waals surface area contributed by atoms with E-state index in [0.29, 0.717) is 5.76 Å². The summed E-state index contributed by atoms with van der Waals surface area (Å²) < 4.78 is 15.7. The average Bonchev–Trinajstić information content (AvgIpc) is 2.83. The molecule has 2 atom stereocenters. The summed E-state index contributed by atoms with van der Waals surface area (Å²) in [6, 6.07) is 3.33. The molecule has 90 valence electrons. The van der Waals surface area contributed by atoms with Crippen LogP contribution in [-0.4, -0.2) is 46.8 Å². The van der Waals surface area contributed by atoms with Crippen LogP contribution < -0.4 is 0 Å². The summed E-state index contributed by atoms with van der Waals surface area (Å²) in [5.41, 5.74) is 0. The Kier molecular flexibility index (Phi) is 3.57. The SMILES string of the molecule is OCC1OC(c2ccco2)OC(CO)C1O. The Morgan fingerprint density at radius 1 is 1.12 bits per heavy atom. The van der Waals surface area contributed by atoms with Gasteiger partial charge in [0.1, 0.15) is 18.3 Å². The van der Waals surface area contributed by atoms with E-state index in [2.05, 4.69) is 0 Å². The van der Waals surface area contributed by atoms with Gasteiger partial charge in [0.25, 0.3) is 0 Å². The van der Waals surface area contributed by atoms with Crippen LogP contribution in [-0.2, 0) is 9.47 Å². The van der Waals surface area contributed by atoms with Crippen LogP contribution >= 0.6 is 0 Å². The third-order valence-corrected chi connectivity index (χ3v) is 2.49. The van der Waals surface area contributed by atoms with Crippen LogP contribution in [0.3, 0.4) is 0 Å². The van der Waals surface area contributed by atoms with Crippen molar-refractivity contribution in [2.75, 3.05) is 13.2 Å². The van der Waals surface area contributed by atoms with Crippen molar-refractivity contribution >= 4 is 0 Å². The molecular weight excluding hydrogens is 216 g/mol. The highest BCUT2D eigenvalue weighted by atomic mass is 16.7. The zero-order valence-corrected chi connectivity index (χ0v) is 8.52. The summed E-state index contributed by atoms with van der Waals surface area (Å²) in [5, 5.41) is 27.7. The average molecular weight is 230 g/mol. The highest BCUT2D eigenvalue weighted by molar-refractivity contribution is 5.01. The smallest absolute Gasteiger partial charge is 0.218 e. The summed E-state index contributed by atoms with van der Waals surface area (Å²) in [5.74, 6) is 0.434. The second-order valence-corrected chi connectivity index (χ2v) is 3.55. The second kappa shape index (κ2) is 4.94. The molecule has 1 aromatic heterocycles. The number of rotatable bonds is 3. The van der Waals surface area contributed by atoms with Crippen molar-refractivity contribution in [3.05, 3.63) is 24.2 Å².